The molecule has 3 heterocycles. The van der Waals surface area contributed by atoms with E-state index in [0.717, 1.165) is 37.5 Å². The van der Waals surface area contributed by atoms with Gasteiger partial charge in [0.1, 0.15) is 11.4 Å². The molecular weight excluding hydrogens is 575 g/mol. The number of aromatic amines is 1. The average Bonchev–Trinajstić information content (AvgIpc) is 2.96. The van der Waals surface area contributed by atoms with Crippen molar-refractivity contribution in [2.24, 2.45) is 5.92 Å². The van der Waals surface area contributed by atoms with Gasteiger partial charge in [-0.2, -0.15) is 13.2 Å². The zero-order chi connectivity index (χ0) is 31.1. The predicted molar refractivity (Wildman–Crippen MR) is 147 cm³/mol. The van der Waals surface area contributed by atoms with Crippen molar-refractivity contribution in [3.05, 3.63) is 80.9 Å². The summed E-state index contributed by atoms with van der Waals surface area (Å²) < 4.78 is 75.1. The van der Waals surface area contributed by atoms with Gasteiger partial charge in [0.2, 0.25) is 5.88 Å². The number of ether oxygens (including phenoxy) is 1. The summed E-state index contributed by atoms with van der Waals surface area (Å²) in [4.78, 5) is 37.2. The number of nitrogens with zero attached hydrogens (tertiary/aromatic N) is 2. The average molecular weight is 603 g/mol. The number of aliphatic hydroxyl groups is 1. The lowest BCUT2D eigenvalue weighted by molar-refractivity contribution is -0.138. The van der Waals surface area contributed by atoms with Crippen LogP contribution in [0.1, 0.15) is 52.9 Å². The fourth-order valence-electron chi connectivity index (χ4n) is 5.35. The smallest absolute Gasteiger partial charge is 0.418 e. The number of aliphatic hydroxyl groups excluding tert-OH is 1. The van der Waals surface area contributed by atoms with Gasteiger partial charge in [-0.1, -0.05) is 12.8 Å². The monoisotopic (exact) mass is 602 g/mol. The van der Waals surface area contributed by atoms with Crippen LogP contribution in [0, 0.1) is 31.4 Å². The summed E-state index contributed by atoms with van der Waals surface area (Å²) in [5, 5.41) is 12.8. The molecule has 2 atom stereocenters. The second-order valence-corrected chi connectivity index (χ2v) is 10.5. The topological polar surface area (TPSA) is 117 Å². The molecule has 5 rings (SSSR count). The van der Waals surface area contributed by atoms with Gasteiger partial charge >= 0.3 is 6.18 Å². The summed E-state index contributed by atoms with van der Waals surface area (Å²) in [7, 11) is 0. The van der Waals surface area contributed by atoms with Crippen LogP contribution in [-0.4, -0.2) is 38.6 Å². The van der Waals surface area contributed by atoms with Crippen LogP contribution in [0.15, 0.2) is 41.5 Å². The molecule has 0 unspecified atom stereocenters. The first kappa shape index (κ1) is 30.1. The van der Waals surface area contributed by atoms with Crippen LogP contribution in [0.5, 0.6) is 11.6 Å². The van der Waals surface area contributed by atoms with Crippen molar-refractivity contribution in [3.8, 4) is 22.9 Å². The summed E-state index contributed by atoms with van der Waals surface area (Å²) in [6.07, 6.45) is -0.311. The Bertz CT molecular complexity index is 1770. The normalized spacial score (nSPS) is 17.2. The third kappa shape index (κ3) is 5.94. The number of amides is 1. The number of carbonyl (C=O) groups excluding carboxylic acids is 1. The SMILES string of the molecule is Cc1c(Oc2ncc(C(F)(F)F)c(C)c2-c2cc(=O)c3c(C(=O)NC[C@@H]4CCCC[C@@H]4O)nccc3[nH]2)ccc(F)c1F. The zero-order valence-electron chi connectivity index (χ0n) is 23.1. The van der Waals surface area contributed by atoms with Crippen molar-refractivity contribution in [2.75, 3.05) is 6.54 Å². The molecule has 0 radical (unpaired) electrons. The number of H-pyrrole nitrogens is 1. The van der Waals surface area contributed by atoms with Gasteiger partial charge in [-0.05, 0) is 50.5 Å². The van der Waals surface area contributed by atoms with Crippen LogP contribution < -0.4 is 15.5 Å². The highest BCUT2D eigenvalue weighted by molar-refractivity contribution is 6.04. The lowest BCUT2D eigenvalue weighted by Gasteiger charge is -2.27. The molecule has 0 spiro atoms. The number of carbonyl (C=O) groups is 1. The Hall–Kier alpha value is -4.39. The van der Waals surface area contributed by atoms with E-state index in [1.165, 1.54) is 26.1 Å². The van der Waals surface area contributed by atoms with Gasteiger partial charge < -0.3 is 20.1 Å². The van der Waals surface area contributed by atoms with Crippen LogP contribution >= 0.6 is 0 Å². The third-order valence-corrected chi connectivity index (χ3v) is 7.73. The van der Waals surface area contributed by atoms with Gasteiger partial charge in [-0.15, -0.1) is 0 Å². The van der Waals surface area contributed by atoms with Crippen LogP contribution in [0.4, 0.5) is 22.0 Å². The number of nitrogens with one attached hydrogen (secondary N) is 2. The molecule has 8 nitrogen and oxygen atoms in total. The fourth-order valence-corrected chi connectivity index (χ4v) is 5.35. The Labute approximate surface area is 242 Å². The van der Waals surface area contributed by atoms with E-state index in [1.807, 2.05) is 0 Å². The second kappa shape index (κ2) is 11.7. The number of aromatic nitrogens is 3. The van der Waals surface area contributed by atoms with Crippen molar-refractivity contribution >= 4 is 16.8 Å². The Morgan fingerprint density at radius 2 is 1.86 bits per heavy atom. The number of halogens is 5. The maximum atomic E-state index is 14.2. The van der Waals surface area contributed by atoms with Gasteiger partial charge in [0.15, 0.2) is 17.1 Å². The maximum Gasteiger partial charge on any atom is 0.418 e. The Kier molecular flexibility index (Phi) is 8.19. The Morgan fingerprint density at radius 3 is 2.58 bits per heavy atom. The minimum Gasteiger partial charge on any atom is -0.438 e. The number of hydrogen-bond donors (Lipinski definition) is 3. The highest BCUT2D eigenvalue weighted by Gasteiger charge is 2.35. The molecule has 1 fully saturated rings. The molecule has 3 aromatic heterocycles. The van der Waals surface area contributed by atoms with Crippen molar-refractivity contribution in [1.29, 1.82) is 0 Å². The number of alkyl halides is 3. The molecule has 1 saturated carbocycles. The van der Waals surface area contributed by atoms with Gasteiger partial charge in [-0.3, -0.25) is 14.6 Å². The standard InChI is InChI=1S/C30H27F5N4O4/c1-14-17(30(33,34)35)13-38-29(43-23-8-7-18(31)26(32)15(23)2)24(14)20-11-22(41)25-19(39-20)9-10-36-27(25)28(42)37-12-16-5-3-4-6-21(16)40/h7-11,13,16,21,40H,3-6,12H2,1-2H3,(H,37,42)(H,39,41)/t16-,21-/m0/s1. The van der Waals surface area contributed by atoms with E-state index in [1.54, 1.807) is 0 Å². The fraction of sp³-hybridized carbons (Fsp3) is 0.333. The quantitative estimate of drug-likeness (QED) is 0.234. The molecule has 1 aliphatic rings. The number of benzene rings is 1. The number of rotatable bonds is 6. The Morgan fingerprint density at radius 1 is 1.12 bits per heavy atom. The molecule has 4 aromatic rings. The minimum atomic E-state index is -4.81. The van der Waals surface area contributed by atoms with Gasteiger partial charge in [0, 0.05) is 36.5 Å². The molecule has 1 amide bonds. The Balaban J connectivity index is 1.58. The summed E-state index contributed by atoms with van der Waals surface area (Å²) in [5.41, 5.74) is -2.84. The van der Waals surface area contributed by atoms with E-state index in [4.69, 9.17) is 4.74 Å². The molecule has 0 aliphatic heterocycles. The largest absolute Gasteiger partial charge is 0.438 e. The van der Waals surface area contributed by atoms with Crippen molar-refractivity contribution in [1.82, 2.24) is 20.3 Å². The summed E-state index contributed by atoms with van der Waals surface area (Å²) >= 11 is 0. The first-order valence-electron chi connectivity index (χ1n) is 13.5. The van der Waals surface area contributed by atoms with Crippen LogP contribution in [-0.2, 0) is 6.18 Å². The van der Waals surface area contributed by atoms with Gasteiger partial charge in [0.25, 0.3) is 5.91 Å². The zero-order valence-corrected chi connectivity index (χ0v) is 23.1. The van der Waals surface area contributed by atoms with E-state index < -0.39 is 46.7 Å². The highest BCUT2D eigenvalue weighted by atomic mass is 19.4. The molecule has 0 saturated heterocycles. The molecular formula is C30H27F5N4O4. The van der Waals surface area contributed by atoms with E-state index in [2.05, 4.69) is 20.3 Å². The van der Waals surface area contributed by atoms with Crippen molar-refractivity contribution in [2.45, 2.75) is 51.8 Å². The lowest BCUT2D eigenvalue weighted by atomic mass is 9.86. The van der Waals surface area contributed by atoms with Gasteiger partial charge in [-0.25, -0.2) is 13.8 Å². The van der Waals surface area contributed by atoms with Crippen LogP contribution in [0.25, 0.3) is 22.2 Å². The molecule has 1 aliphatic carbocycles. The van der Waals surface area contributed by atoms with E-state index >= 15 is 0 Å². The lowest BCUT2D eigenvalue weighted by Crippen LogP contribution is -2.37. The van der Waals surface area contributed by atoms with Crippen LogP contribution in [0.2, 0.25) is 0 Å². The molecule has 13 heteroatoms. The molecule has 226 valence electrons. The first-order valence-corrected chi connectivity index (χ1v) is 13.5. The predicted octanol–water partition coefficient (Wildman–Crippen LogP) is 5.97. The van der Waals surface area contributed by atoms with Gasteiger partial charge in [0.05, 0.1) is 33.8 Å². The summed E-state index contributed by atoms with van der Waals surface area (Å²) in [5.74, 6) is -3.70. The maximum absolute atomic E-state index is 14.2. The molecule has 43 heavy (non-hydrogen) atoms. The van der Waals surface area contributed by atoms with Crippen molar-refractivity contribution < 1.29 is 36.6 Å². The number of hydrogen-bond acceptors (Lipinski definition) is 6. The summed E-state index contributed by atoms with van der Waals surface area (Å²) in [6, 6.07) is 4.30. The van der Waals surface area contributed by atoms with E-state index in [9.17, 15) is 36.6 Å². The van der Waals surface area contributed by atoms with E-state index in [-0.39, 0.29) is 57.2 Å². The van der Waals surface area contributed by atoms with E-state index in [0.29, 0.717) is 12.6 Å². The molecule has 1 aromatic carbocycles. The number of fused-ring (bicyclic) bond motifs is 1. The highest BCUT2D eigenvalue weighted by Crippen LogP contribution is 2.41. The minimum absolute atomic E-state index is 0.0931. The number of pyridine rings is 3. The third-order valence-electron chi connectivity index (χ3n) is 7.73. The second-order valence-electron chi connectivity index (χ2n) is 10.5. The van der Waals surface area contributed by atoms with Crippen molar-refractivity contribution in [3.63, 3.8) is 0 Å². The first-order chi connectivity index (χ1) is 20.4. The van der Waals surface area contributed by atoms with Crippen LogP contribution in [0.3, 0.4) is 0 Å². The molecule has 3 N–H and O–H groups in total. The molecule has 0 bridgehead atoms. The summed E-state index contributed by atoms with van der Waals surface area (Å²) in [6.45, 7) is 2.59.